The maximum absolute atomic E-state index is 13.0. The van der Waals surface area contributed by atoms with E-state index in [1.807, 2.05) is 18.0 Å². The van der Waals surface area contributed by atoms with E-state index in [1.165, 1.54) is 25.0 Å². The molecule has 1 aromatic carbocycles. The lowest BCUT2D eigenvalue weighted by atomic mass is 9.91. The maximum atomic E-state index is 13.0. The topological polar surface area (TPSA) is 41.6 Å². The standard InChI is InChI=1S/C23H35FN2O2/c1-3-4-16-25-17-6-5-7-18-28-22-14-12-21(13-15-22)26(2)23(27)19-8-10-20(24)11-9-19/h3,8-11,21-22,25H,1,4-7,12-18H2,2H3. The first kappa shape index (κ1) is 22.6. The molecule has 5 heteroatoms. The molecule has 1 amide bonds. The van der Waals surface area contributed by atoms with E-state index in [9.17, 15) is 9.18 Å². The van der Waals surface area contributed by atoms with Crippen LogP contribution in [0.4, 0.5) is 4.39 Å². The number of nitrogens with one attached hydrogen (secondary N) is 1. The van der Waals surface area contributed by atoms with Gasteiger partial charge in [-0.25, -0.2) is 4.39 Å². The van der Waals surface area contributed by atoms with Gasteiger partial charge in [-0.15, -0.1) is 6.58 Å². The quantitative estimate of drug-likeness (QED) is 0.420. The Kier molecular flexibility index (Phi) is 10.2. The molecule has 1 saturated carbocycles. The summed E-state index contributed by atoms with van der Waals surface area (Å²) >= 11 is 0. The molecule has 1 aromatic rings. The molecule has 1 aliphatic carbocycles. The third-order valence-electron chi connectivity index (χ3n) is 5.48. The molecule has 0 atom stereocenters. The molecule has 1 aliphatic rings. The molecule has 1 N–H and O–H groups in total. The van der Waals surface area contributed by atoms with Crippen LogP contribution in [0.15, 0.2) is 36.9 Å². The Morgan fingerprint density at radius 1 is 1.18 bits per heavy atom. The highest BCUT2D eigenvalue weighted by Gasteiger charge is 2.27. The minimum atomic E-state index is -0.319. The zero-order valence-corrected chi connectivity index (χ0v) is 17.2. The van der Waals surface area contributed by atoms with Gasteiger partial charge in [0, 0.05) is 25.3 Å². The predicted molar refractivity (Wildman–Crippen MR) is 112 cm³/mol. The number of unbranched alkanes of at least 4 members (excludes halogenated alkanes) is 2. The van der Waals surface area contributed by atoms with Crippen LogP contribution >= 0.6 is 0 Å². The third kappa shape index (κ3) is 7.72. The maximum Gasteiger partial charge on any atom is 0.253 e. The summed E-state index contributed by atoms with van der Waals surface area (Å²) in [6, 6.07) is 6.02. The molecule has 0 aliphatic heterocycles. The molecule has 2 rings (SSSR count). The van der Waals surface area contributed by atoms with Crippen LogP contribution in [-0.4, -0.2) is 49.7 Å². The van der Waals surface area contributed by atoms with Crippen LogP contribution < -0.4 is 5.32 Å². The van der Waals surface area contributed by atoms with Crippen LogP contribution in [0.2, 0.25) is 0 Å². The highest BCUT2D eigenvalue weighted by atomic mass is 19.1. The van der Waals surface area contributed by atoms with E-state index in [-0.39, 0.29) is 17.8 Å². The summed E-state index contributed by atoms with van der Waals surface area (Å²) in [6.07, 6.45) is 10.7. The van der Waals surface area contributed by atoms with Crippen LogP contribution in [0.3, 0.4) is 0 Å². The number of hydrogen-bond acceptors (Lipinski definition) is 3. The van der Waals surface area contributed by atoms with Crippen molar-refractivity contribution < 1.29 is 13.9 Å². The predicted octanol–water partition coefficient (Wildman–Crippen LogP) is 4.56. The van der Waals surface area contributed by atoms with Crippen molar-refractivity contribution in [3.63, 3.8) is 0 Å². The molecule has 0 spiro atoms. The van der Waals surface area contributed by atoms with Crippen molar-refractivity contribution in [2.45, 2.75) is 63.5 Å². The van der Waals surface area contributed by atoms with E-state index in [0.29, 0.717) is 11.7 Å². The largest absolute Gasteiger partial charge is 0.378 e. The number of rotatable bonds is 12. The van der Waals surface area contributed by atoms with Crippen LogP contribution in [0.25, 0.3) is 0 Å². The van der Waals surface area contributed by atoms with Gasteiger partial charge in [0.1, 0.15) is 5.82 Å². The minimum Gasteiger partial charge on any atom is -0.378 e. The SMILES string of the molecule is C=CCCNCCCCCOC1CCC(N(C)C(=O)c2ccc(F)cc2)CC1. The van der Waals surface area contributed by atoms with E-state index in [2.05, 4.69) is 11.9 Å². The molecular weight excluding hydrogens is 355 g/mol. The van der Waals surface area contributed by atoms with Gasteiger partial charge in [-0.2, -0.15) is 0 Å². The van der Waals surface area contributed by atoms with E-state index < -0.39 is 0 Å². The number of carbonyl (C=O) groups is 1. The van der Waals surface area contributed by atoms with Crippen molar-refractivity contribution in [2.24, 2.45) is 0 Å². The minimum absolute atomic E-state index is 0.0360. The molecule has 0 unspecified atom stereocenters. The monoisotopic (exact) mass is 390 g/mol. The van der Waals surface area contributed by atoms with Crippen LogP contribution in [0, 0.1) is 5.82 Å². The Labute approximate surface area is 169 Å². The van der Waals surface area contributed by atoms with E-state index in [4.69, 9.17) is 4.74 Å². The number of hydrogen-bond donors (Lipinski definition) is 1. The van der Waals surface area contributed by atoms with Crippen molar-refractivity contribution in [1.29, 1.82) is 0 Å². The van der Waals surface area contributed by atoms with Gasteiger partial charge in [-0.3, -0.25) is 4.79 Å². The fraction of sp³-hybridized carbons (Fsp3) is 0.609. The van der Waals surface area contributed by atoms with Gasteiger partial charge in [0.05, 0.1) is 6.10 Å². The van der Waals surface area contributed by atoms with Crippen molar-refractivity contribution in [2.75, 3.05) is 26.7 Å². The molecule has 0 radical (unpaired) electrons. The number of ether oxygens (including phenoxy) is 1. The second-order valence-electron chi connectivity index (χ2n) is 7.61. The van der Waals surface area contributed by atoms with Gasteiger partial charge in [-0.05, 0) is 88.7 Å². The second kappa shape index (κ2) is 12.7. The van der Waals surface area contributed by atoms with Gasteiger partial charge in [-0.1, -0.05) is 6.08 Å². The number of benzene rings is 1. The van der Waals surface area contributed by atoms with E-state index in [1.54, 1.807) is 12.1 Å². The lowest BCUT2D eigenvalue weighted by Gasteiger charge is -2.34. The van der Waals surface area contributed by atoms with E-state index in [0.717, 1.165) is 58.2 Å². The first-order chi connectivity index (χ1) is 13.6. The number of carbonyl (C=O) groups excluding carboxylic acids is 1. The Hall–Kier alpha value is -1.72. The van der Waals surface area contributed by atoms with Crippen LogP contribution in [-0.2, 0) is 4.74 Å². The Morgan fingerprint density at radius 3 is 2.57 bits per heavy atom. The number of nitrogens with zero attached hydrogens (tertiary/aromatic N) is 1. The Balaban J connectivity index is 1.57. The fourth-order valence-corrected chi connectivity index (χ4v) is 3.67. The van der Waals surface area contributed by atoms with Crippen molar-refractivity contribution in [3.8, 4) is 0 Å². The van der Waals surface area contributed by atoms with Crippen molar-refractivity contribution >= 4 is 5.91 Å². The van der Waals surface area contributed by atoms with Crippen molar-refractivity contribution in [1.82, 2.24) is 10.2 Å². The number of halogens is 1. The summed E-state index contributed by atoms with van der Waals surface area (Å²) in [5, 5.41) is 3.40. The lowest BCUT2D eigenvalue weighted by molar-refractivity contribution is 0.00914. The summed E-state index contributed by atoms with van der Waals surface area (Å²) in [5.74, 6) is -0.355. The smallest absolute Gasteiger partial charge is 0.253 e. The van der Waals surface area contributed by atoms with Crippen LogP contribution in [0.5, 0.6) is 0 Å². The molecule has 0 bridgehead atoms. The highest BCUT2D eigenvalue weighted by molar-refractivity contribution is 5.94. The molecule has 0 saturated heterocycles. The van der Waals surface area contributed by atoms with Gasteiger partial charge >= 0.3 is 0 Å². The van der Waals surface area contributed by atoms with Gasteiger partial charge < -0.3 is 15.0 Å². The third-order valence-corrected chi connectivity index (χ3v) is 5.48. The molecule has 1 fully saturated rings. The normalized spacial score (nSPS) is 19.4. The molecule has 0 aromatic heterocycles. The molecule has 28 heavy (non-hydrogen) atoms. The zero-order valence-electron chi connectivity index (χ0n) is 17.2. The summed E-state index contributed by atoms with van der Waals surface area (Å²) in [7, 11) is 1.85. The lowest BCUT2D eigenvalue weighted by Crippen LogP contribution is -2.40. The highest BCUT2D eigenvalue weighted by Crippen LogP contribution is 2.25. The fourth-order valence-electron chi connectivity index (χ4n) is 3.67. The molecule has 4 nitrogen and oxygen atoms in total. The molecule has 0 heterocycles. The average molecular weight is 391 g/mol. The summed E-state index contributed by atoms with van der Waals surface area (Å²) in [6.45, 7) is 6.62. The zero-order chi connectivity index (χ0) is 20.2. The average Bonchev–Trinajstić information content (AvgIpc) is 2.72. The summed E-state index contributed by atoms with van der Waals surface area (Å²) in [5.41, 5.74) is 0.543. The Bertz CT molecular complexity index is 583. The first-order valence-electron chi connectivity index (χ1n) is 10.6. The summed E-state index contributed by atoms with van der Waals surface area (Å²) in [4.78, 5) is 14.4. The Morgan fingerprint density at radius 2 is 1.89 bits per heavy atom. The number of amides is 1. The molecular formula is C23H35FN2O2. The van der Waals surface area contributed by atoms with Crippen molar-refractivity contribution in [3.05, 3.63) is 48.3 Å². The first-order valence-corrected chi connectivity index (χ1v) is 10.6. The van der Waals surface area contributed by atoms with Gasteiger partial charge in [0.25, 0.3) is 5.91 Å². The van der Waals surface area contributed by atoms with Gasteiger partial charge in [0.15, 0.2) is 0 Å². The second-order valence-corrected chi connectivity index (χ2v) is 7.61. The van der Waals surface area contributed by atoms with E-state index >= 15 is 0 Å². The summed E-state index contributed by atoms with van der Waals surface area (Å²) < 4.78 is 19.1. The van der Waals surface area contributed by atoms with Gasteiger partial charge in [0.2, 0.25) is 0 Å². The molecule has 156 valence electrons. The van der Waals surface area contributed by atoms with Crippen LogP contribution in [0.1, 0.15) is 61.7 Å².